The molecule has 28 heavy (non-hydrogen) atoms. The molecule has 6 nitrogen and oxygen atoms in total. The summed E-state index contributed by atoms with van der Waals surface area (Å²) in [7, 11) is 0. The van der Waals surface area contributed by atoms with E-state index in [-0.39, 0.29) is 17.9 Å². The summed E-state index contributed by atoms with van der Waals surface area (Å²) in [5.74, 6) is 0.0170. The van der Waals surface area contributed by atoms with Gasteiger partial charge in [0.1, 0.15) is 0 Å². The quantitative estimate of drug-likeness (QED) is 0.803. The van der Waals surface area contributed by atoms with Gasteiger partial charge in [-0.25, -0.2) is 0 Å². The zero-order valence-corrected chi connectivity index (χ0v) is 17.2. The summed E-state index contributed by atoms with van der Waals surface area (Å²) >= 11 is 5.91. The van der Waals surface area contributed by atoms with Gasteiger partial charge in [0.25, 0.3) is 5.91 Å². The minimum Gasteiger partial charge on any atom is -0.388 e. The number of hydrogen-bond acceptors (Lipinski definition) is 4. The Morgan fingerprint density at radius 3 is 2.46 bits per heavy atom. The fourth-order valence-corrected chi connectivity index (χ4v) is 4.38. The Labute approximate surface area is 171 Å². The van der Waals surface area contributed by atoms with Gasteiger partial charge in [-0.1, -0.05) is 11.6 Å². The summed E-state index contributed by atoms with van der Waals surface area (Å²) in [4.78, 5) is 28.1. The lowest BCUT2D eigenvalue weighted by Gasteiger charge is -2.38. The van der Waals surface area contributed by atoms with Crippen LogP contribution >= 0.6 is 11.6 Å². The Morgan fingerprint density at radius 2 is 1.82 bits per heavy atom. The van der Waals surface area contributed by atoms with E-state index in [1.165, 1.54) is 0 Å². The van der Waals surface area contributed by atoms with Crippen LogP contribution in [0.4, 0.5) is 0 Å². The Morgan fingerprint density at radius 1 is 1.14 bits per heavy atom. The first kappa shape index (κ1) is 21.1. The molecule has 1 atom stereocenters. The number of amides is 2. The van der Waals surface area contributed by atoms with Crippen LogP contribution in [0.1, 0.15) is 49.4 Å². The summed E-state index contributed by atoms with van der Waals surface area (Å²) in [6, 6.07) is 7.20. The van der Waals surface area contributed by atoms with Crippen LogP contribution in [0.2, 0.25) is 5.02 Å². The van der Waals surface area contributed by atoms with Gasteiger partial charge in [0.15, 0.2) is 0 Å². The van der Waals surface area contributed by atoms with Gasteiger partial charge in [-0.05, 0) is 56.4 Å². The third-order valence-electron chi connectivity index (χ3n) is 5.81. The van der Waals surface area contributed by atoms with Crippen LogP contribution in [-0.2, 0) is 4.79 Å². The molecule has 2 heterocycles. The first-order valence-corrected chi connectivity index (χ1v) is 10.5. The fourth-order valence-electron chi connectivity index (χ4n) is 4.25. The molecule has 0 aliphatic carbocycles. The molecule has 0 spiro atoms. The monoisotopic (exact) mass is 407 g/mol. The number of aliphatic hydroxyl groups is 1. The van der Waals surface area contributed by atoms with Crippen molar-refractivity contribution in [2.45, 2.75) is 50.7 Å². The van der Waals surface area contributed by atoms with E-state index in [1.807, 2.05) is 4.90 Å². The van der Waals surface area contributed by atoms with Gasteiger partial charge < -0.3 is 20.2 Å². The zero-order chi connectivity index (χ0) is 20.1. The molecule has 1 aromatic rings. The highest BCUT2D eigenvalue weighted by atomic mass is 35.5. The van der Waals surface area contributed by atoms with E-state index in [0.29, 0.717) is 43.1 Å². The third-order valence-corrected chi connectivity index (χ3v) is 6.06. The average molecular weight is 408 g/mol. The number of nitrogens with zero attached hydrogens (tertiary/aromatic N) is 2. The van der Waals surface area contributed by atoms with Crippen LogP contribution < -0.4 is 5.32 Å². The number of likely N-dealkylation sites (tertiary alicyclic amines) is 2. The Hall–Kier alpha value is -1.63. The average Bonchev–Trinajstić information content (AvgIpc) is 2.85. The van der Waals surface area contributed by atoms with Crippen molar-refractivity contribution in [1.82, 2.24) is 15.1 Å². The topological polar surface area (TPSA) is 72.9 Å². The summed E-state index contributed by atoms with van der Waals surface area (Å²) in [5, 5.41) is 14.8. The maximum absolute atomic E-state index is 12.7. The van der Waals surface area contributed by atoms with E-state index in [1.54, 1.807) is 31.2 Å². The molecule has 0 radical (unpaired) electrons. The predicted molar refractivity (Wildman–Crippen MR) is 109 cm³/mol. The molecule has 1 aromatic carbocycles. The second-order valence-electron chi connectivity index (χ2n) is 8.13. The molecule has 2 fully saturated rings. The molecule has 0 aromatic heterocycles. The van der Waals surface area contributed by atoms with Crippen LogP contribution in [0.25, 0.3) is 0 Å². The molecular weight excluding hydrogens is 378 g/mol. The molecule has 154 valence electrons. The molecular formula is C21H30ClN3O3. The van der Waals surface area contributed by atoms with Crippen LogP contribution in [0, 0.1) is 0 Å². The van der Waals surface area contributed by atoms with Gasteiger partial charge in [0.2, 0.25) is 5.91 Å². The van der Waals surface area contributed by atoms with Crippen LogP contribution in [-0.4, -0.2) is 71.1 Å². The Bertz CT molecular complexity index is 689. The highest BCUT2D eigenvalue weighted by molar-refractivity contribution is 6.30. The van der Waals surface area contributed by atoms with Crippen molar-refractivity contribution in [1.29, 1.82) is 0 Å². The summed E-state index contributed by atoms with van der Waals surface area (Å²) in [5.41, 5.74) is -0.134. The number of rotatable bonds is 4. The number of β-amino-alcohol motifs (C(OH)–C–C–N with tert-alkyl or cyclic N) is 1. The van der Waals surface area contributed by atoms with Crippen molar-refractivity contribution in [3.05, 3.63) is 34.9 Å². The second-order valence-corrected chi connectivity index (χ2v) is 8.56. The maximum Gasteiger partial charge on any atom is 0.253 e. The lowest BCUT2D eigenvalue weighted by atomic mass is 9.93. The number of benzene rings is 1. The van der Waals surface area contributed by atoms with E-state index in [2.05, 4.69) is 10.2 Å². The minimum atomic E-state index is -0.768. The number of piperidine rings is 1. The first-order chi connectivity index (χ1) is 13.3. The largest absolute Gasteiger partial charge is 0.388 e. The zero-order valence-electron chi connectivity index (χ0n) is 16.5. The second kappa shape index (κ2) is 9.25. The van der Waals surface area contributed by atoms with E-state index >= 15 is 0 Å². The molecule has 2 saturated heterocycles. The van der Waals surface area contributed by atoms with Crippen LogP contribution in [0.5, 0.6) is 0 Å². The van der Waals surface area contributed by atoms with E-state index in [0.717, 1.165) is 32.4 Å². The SMILES string of the molecule is CC(=O)NC1CCN(C[C@]2(O)CCCN(C(=O)c3ccc(Cl)cc3)CC2)CC1. The number of halogens is 1. The smallest absolute Gasteiger partial charge is 0.253 e. The minimum absolute atomic E-state index is 0.00274. The van der Waals surface area contributed by atoms with Gasteiger partial charge in [-0.2, -0.15) is 0 Å². The Kier molecular flexibility index (Phi) is 6.96. The number of hydrogen-bond donors (Lipinski definition) is 2. The standard InChI is InChI=1S/C21H30ClN3O3/c1-16(26)23-19-7-12-24(13-8-19)15-21(28)9-2-11-25(14-10-21)20(27)17-3-5-18(22)6-4-17/h3-6,19,28H,2,7-15H2,1H3,(H,23,26)/t21-/m0/s1. The van der Waals surface area contributed by atoms with Gasteiger partial charge in [-0.3, -0.25) is 9.59 Å². The molecule has 7 heteroatoms. The van der Waals surface area contributed by atoms with Gasteiger partial charge >= 0.3 is 0 Å². The third kappa shape index (κ3) is 5.69. The first-order valence-electron chi connectivity index (χ1n) is 10.1. The van der Waals surface area contributed by atoms with Crippen molar-refractivity contribution in [3.8, 4) is 0 Å². The van der Waals surface area contributed by atoms with Crippen molar-refractivity contribution in [3.63, 3.8) is 0 Å². The molecule has 2 N–H and O–H groups in total. The maximum atomic E-state index is 12.7. The summed E-state index contributed by atoms with van der Waals surface area (Å²) in [6.45, 7) is 5.15. The van der Waals surface area contributed by atoms with Crippen molar-refractivity contribution < 1.29 is 14.7 Å². The van der Waals surface area contributed by atoms with E-state index in [4.69, 9.17) is 11.6 Å². The van der Waals surface area contributed by atoms with Crippen LogP contribution in [0.3, 0.4) is 0 Å². The number of nitrogens with one attached hydrogen (secondary N) is 1. The predicted octanol–water partition coefficient (Wildman–Crippen LogP) is 2.30. The van der Waals surface area contributed by atoms with Crippen molar-refractivity contribution in [2.24, 2.45) is 0 Å². The van der Waals surface area contributed by atoms with Gasteiger partial charge in [0, 0.05) is 56.3 Å². The highest BCUT2D eigenvalue weighted by Crippen LogP contribution is 2.26. The fraction of sp³-hybridized carbons (Fsp3) is 0.619. The number of carbonyl (C=O) groups excluding carboxylic acids is 2. The van der Waals surface area contributed by atoms with Crippen molar-refractivity contribution in [2.75, 3.05) is 32.7 Å². The normalized spacial score (nSPS) is 24.6. The lowest BCUT2D eigenvalue weighted by molar-refractivity contribution is -0.120. The molecule has 3 rings (SSSR count). The summed E-state index contributed by atoms with van der Waals surface area (Å²) in [6.07, 6.45) is 3.90. The molecule has 2 amide bonds. The molecule has 2 aliphatic rings. The van der Waals surface area contributed by atoms with Gasteiger partial charge in [-0.15, -0.1) is 0 Å². The lowest BCUT2D eigenvalue weighted by Crippen LogP contribution is -2.50. The molecule has 0 bridgehead atoms. The van der Waals surface area contributed by atoms with Crippen LogP contribution in [0.15, 0.2) is 24.3 Å². The van der Waals surface area contributed by atoms with Crippen molar-refractivity contribution >= 4 is 23.4 Å². The number of carbonyl (C=O) groups is 2. The van der Waals surface area contributed by atoms with E-state index in [9.17, 15) is 14.7 Å². The highest BCUT2D eigenvalue weighted by Gasteiger charge is 2.34. The molecule has 0 unspecified atom stereocenters. The van der Waals surface area contributed by atoms with Gasteiger partial charge in [0.05, 0.1) is 5.60 Å². The molecule has 0 saturated carbocycles. The molecule has 2 aliphatic heterocycles. The van der Waals surface area contributed by atoms with E-state index < -0.39 is 5.60 Å². The Balaban J connectivity index is 1.52. The summed E-state index contributed by atoms with van der Waals surface area (Å²) < 4.78 is 0.